The van der Waals surface area contributed by atoms with E-state index in [1.165, 1.54) is 16.4 Å². The molecule has 6 nitrogen and oxygen atoms in total. The number of carbonyl (C=O) groups is 1. The molecule has 0 aliphatic carbocycles. The Kier molecular flexibility index (Phi) is 4.86. The molecule has 0 unspecified atom stereocenters. The summed E-state index contributed by atoms with van der Waals surface area (Å²) in [6, 6.07) is 10.9. The first-order valence-electron chi connectivity index (χ1n) is 8.01. The molecule has 138 valence electrons. The van der Waals surface area contributed by atoms with Gasteiger partial charge in [0.05, 0.1) is 18.5 Å². The number of amides is 1. The second kappa shape index (κ2) is 6.95. The van der Waals surface area contributed by atoms with Crippen molar-refractivity contribution in [3.8, 4) is 5.75 Å². The minimum Gasteiger partial charge on any atom is -0.476 e. The molecule has 26 heavy (non-hydrogen) atoms. The predicted molar refractivity (Wildman–Crippen MR) is 96.0 cm³/mol. The Bertz CT molecular complexity index is 929. The number of ether oxygens (including phenoxy) is 1. The molecule has 1 atom stereocenters. The van der Waals surface area contributed by atoms with E-state index in [0.717, 1.165) is 17.4 Å². The molecule has 0 radical (unpaired) electrons. The highest BCUT2D eigenvalue weighted by Gasteiger charge is 2.34. The lowest BCUT2D eigenvalue weighted by molar-refractivity contribution is -0.127. The van der Waals surface area contributed by atoms with Crippen molar-refractivity contribution in [2.24, 2.45) is 0 Å². The zero-order valence-electron chi connectivity index (χ0n) is 14.4. The molecule has 1 N–H and O–H groups in total. The Hall–Kier alpha value is -2.61. The summed E-state index contributed by atoms with van der Waals surface area (Å²) in [6.07, 6.45) is 0.123. The number of aryl methyl sites for hydroxylation is 1. The number of hydrogen-bond donors (Lipinski definition) is 1. The average molecular weight is 378 g/mol. The lowest BCUT2D eigenvalue weighted by Gasteiger charge is -2.34. The number of halogens is 1. The summed E-state index contributed by atoms with van der Waals surface area (Å²) in [6.45, 7) is 1.94. The third-order valence-corrected chi connectivity index (χ3v) is 5.20. The number of benzene rings is 2. The maximum absolute atomic E-state index is 12.9. The highest BCUT2D eigenvalue weighted by Crippen LogP contribution is 2.35. The fourth-order valence-electron chi connectivity index (χ4n) is 2.72. The third kappa shape index (κ3) is 3.96. The van der Waals surface area contributed by atoms with Crippen LogP contribution in [-0.2, 0) is 21.4 Å². The number of hydrogen-bond acceptors (Lipinski definition) is 4. The predicted octanol–water partition coefficient (Wildman–Crippen LogP) is 1.98. The number of anilines is 1. The van der Waals surface area contributed by atoms with Crippen molar-refractivity contribution >= 4 is 21.6 Å². The summed E-state index contributed by atoms with van der Waals surface area (Å²) in [7, 11) is -3.56. The molecule has 2 aromatic carbocycles. The van der Waals surface area contributed by atoms with E-state index in [4.69, 9.17) is 4.74 Å². The molecule has 0 spiro atoms. The molecule has 1 heterocycles. The van der Waals surface area contributed by atoms with Crippen LogP contribution in [0.1, 0.15) is 11.1 Å². The maximum Gasteiger partial charge on any atom is 0.263 e. The summed E-state index contributed by atoms with van der Waals surface area (Å²) in [5, 5.41) is 2.69. The summed E-state index contributed by atoms with van der Waals surface area (Å²) < 4.78 is 44.1. The molecule has 2 aromatic rings. The van der Waals surface area contributed by atoms with Crippen LogP contribution in [0.4, 0.5) is 10.1 Å². The van der Waals surface area contributed by atoms with E-state index in [1.54, 1.807) is 30.3 Å². The number of fused-ring (bicyclic) bond motifs is 1. The lowest BCUT2D eigenvalue weighted by atomic mass is 10.1. The van der Waals surface area contributed by atoms with Gasteiger partial charge in [0.15, 0.2) is 6.10 Å². The third-order valence-electron chi connectivity index (χ3n) is 4.06. The largest absolute Gasteiger partial charge is 0.476 e. The lowest BCUT2D eigenvalue weighted by Crippen LogP contribution is -2.50. The second-order valence-corrected chi connectivity index (χ2v) is 8.12. The van der Waals surface area contributed by atoms with Gasteiger partial charge in [-0.2, -0.15) is 0 Å². The zero-order chi connectivity index (χ0) is 18.9. The van der Waals surface area contributed by atoms with Crippen molar-refractivity contribution in [1.29, 1.82) is 0 Å². The molecule has 0 bridgehead atoms. The van der Waals surface area contributed by atoms with E-state index in [2.05, 4.69) is 5.32 Å². The van der Waals surface area contributed by atoms with Crippen LogP contribution in [0, 0.1) is 12.7 Å². The SMILES string of the molecule is Cc1ccc2c(c1)N(S(C)(=O)=O)C[C@@H](C(=O)NCc1ccc(F)cc1)O2. The van der Waals surface area contributed by atoms with Gasteiger partial charge in [-0.25, -0.2) is 12.8 Å². The molecule has 0 aromatic heterocycles. The summed E-state index contributed by atoms with van der Waals surface area (Å²) in [4.78, 5) is 12.5. The normalized spacial score (nSPS) is 16.6. The first-order valence-corrected chi connectivity index (χ1v) is 9.86. The maximum atomic E-state index is 12.9. The van der Waals surface area contributed by atoms with Gasteiger partial charge in [0.1, 0.15) is 11.6 Å². The van der Waals surface area contributed by atoms with Crippen LogP contribution in [0.5, 0.6) is 5.75 Å². The number of nitrogens with one attached hydrogen (secondary N) is 1. The number of rotatable bonds is 4. The van der Waals surface area contributed by atoms with Crippen LogP contribution in [0.2, 0.25) is 0 Å². The van der Waals surface area contributed by atoms with E-state index >= 15 is 0 Å². The topological polar surface area (TPSA) is 75.7 Å². The monoisotopic (exact) mass is 378 g/mol. The van der Waals surface area contributed by atoms with E-state index in [0.29, 0.717) is 11.4 Å². The van der Waals surface area contributed by atoms with Crippen molar-refractivity contribution in [2.45, 2.75) is 19.6 Å². The summed E-state index contributed by atoms with van der Waals surface area (Å²) >= 11 is 0. The van der Waals surface area contributed by atoms with E-state index in [-0.39, 0.29) is 18.9 Å². The quantitative estimate of drug-likeness (QED) is 0.883. The van der Waals surface area contributed by atoms with Gasteiger partial charge in [0.2, 0.25) is 10.0 Å². The van der Waals surface area contributed by atoms with Crippen LogP contribution >= 0.6 is 0 Å². The molecule has 0 saturated heterocycles. The molecule has 0 fully saturated rings. The van der Waals surface area contributed by atoms with Crippen LogP contribution < -0.4 is 14.4 Å². The Labute approximate surface area is 151 Å². The Morgan fingerprint density at radius 3 is 2.62 bits per heavy atom. The van der Waals surface area contributed by atoms with Gasteiger partial charge in [-0.3, -0.25) is 9.10 Å². The zero-order valence-corrected chi connectivity index (χ0v) is 15.2. The van der Waals surface area contributed by atoms with Gasteiger partial charge >= 0.3 is 0 Å². The van der Waals surface area contributed by atoms with Crippen molar-refractivity contribution < 1.29 is 22.3 Å². The first-order chi connectivity index (χ1) is 12.2. The van der Waals surface area contributed by atoms with Gasteiger partial charge in [-0.05, 0) is 42.3 Å². The molecule has 0 saturated carbocycles. The molecule has 1 amide bonds. The van der Waals surface area contributed by atoms with Crippen molar-refractivity contribution in [3.05, 3.63) is 59.4 Å². The van der Waals surface area contributed by atoms with Crippen molar-refractivity contribution in [3.63, 3.8) is 0 Å². The molecule has 1 aliphatic heterocycles. The standard InChI is InChI=1S/C18H19FN2O4S/c1-12-3-8-16-15(9-12)21(26(2,23)24)11-17(25-16)18(22)20-10-13-4-6-14(19)7-5-13/h3-9,17H,10-11H2,1-2H3,(H,20,22)/t17-/m0/s1. The highest BCUT2D eigenvalue weighted by atomic mass is 32.2. The van der Waals surface area contributed by atoms with Gasteiger partial charge in [0.25, 0.3) is 5.91 Å². The first kappa shape index (κ1) is 18.2. The summed E-state index contributed by atoms with van der Waals surface area (Å²) in [5.74, 6) is -0.449. The van der Waals surface area contributed by atoms with Crippen molar-refractivity contribution in [2.75, 3.05) is 17.1 Å². The molecule has 8 heteroatoms. The smallest absolute Gasteiger partial charge is 0.263 e. The van der Waals surface area contributed by atoms with E-state index in [9.17, 15) is 17.6 Å². The van der Waals surface area contributed by atoms with Crippen molar-refractivity contribution in [1.82, 2.24) is 5.32 Å². The van der Waals surface area contributed by atoms with Gasteiger partial charge in [0, 0.05) is 6.54 Å². The van der Waals surface area contributed by atoms with Crippen LogP contribution in [0.3, 0.4) is 0 Å². The van der Waals surface area contributed by atoms with Gasteiger partial charge in [-0.15, -0.1) is 0 Å². The van der Waals surface area contributed by atoms with Gasteiger partial charge < -0.3 is 10.1 Å². The molecular weight excluding hydrogens is 359 g/mol. The molecule has 3 rings (SSSR count). The fraction of sp³-hybridized carbons (Fsp3) is 0.278. The minimum absolute atomic E-state index is 0.107. The number of carbonyl (C=O) groups excluding carboxylic acids is 1. The van der Waals surface area contributed by atoms with E-state index < -0.39 is 22.0 Å². The van der Waals surface area contributed by atoms with Crippen LogP contribution in [-0.4, -0.2) is 33.2 Å². The fourth-order valence-corrected chi connectivity index (χ4v) is 3.62. The molecule has 1 aliphatic rings. The van der Waals surface area contributed by atoms with E-state index in [1.807, 2.05) is 6.92 Å². The Morgan fingerprint density at radius 2 is 1.96 bits per heavy atom. The number of nitrogens with zero attached hydrogens (tertiary/aromatic N) is 1. The Morgan fingerprint density at radius 1 is 1.27 bits per heavy atom. The highest BCUT2D eigenvalue weighted by molar-refractivity contribution is 7.92. The number of sulfonamides is 1. The summed E-state index contributed by atoms with van der Waals surface area (Å²) in [5.41, 5.74) is 2.04. The minimum atomic E-state index is -3.56. The average Bonchev–Trinajstić information content (AvgIpc) is 2.59. The van der Waals surface area contributed by atoms with Crippen LogP contribution in [0.15, 0.2) is 42.5 Å². The Balaban J connectivity index is 1.77. The second-order valence-electron chi connectivity index (χ2n) is 6.22. The molecular formula is C18H19FN2O4S. The van der Waals surface area contributed by atoms with Crippen LogP contribution in [0.25, 0.3) is 0 Å². The van der Waals surface area contributed by atoms with Gasteiger partial charge in [-0.1, -0.05) is 18.2 Å².